The van der Waals surface area contributed by atoms with Crippen LogP contribution in [0.25, 0.3) is 0 Å². The van der Waals surface area contributed by atoms with E-state index >= 15 is 0 Å². The van der Waals surface area contributed by atoms with E-state index in [1.165, 1.54) is 101 Å². The Balaban J connectivity index is 1.31. The molecule has 34 heavy (non-hydrogen) atoms. The van der Waals surface area contributed by atoms with Crippen molar-refractivity contribution in [2.24, 2.45) is 0 Å². The maximum Gasteiger partial charge on any atom is 0.244 e. The predicted octanol–water partition coefficient (Wildman–Crippen LogP) is 8.89. The summed E-state index contributed by atoms with van der Waals surface area (Å²) in [5.41, 5.74) is 2.65. The van der Waals surface area contributed by atoms with Gasteiger partial charge >= 0.3 is 0 Å². The first kappa shape index (κ1) is 26.3. The summed E-state index contributed by atoms with van der Waals surface area (Å²) in [6.07, 6.45) is 26.5. The van der Waals surface area contributed by atoms with E-state index in [0.29, 0.717) is 0 Å². The van der Waals surface area contributed by atoms with Gasteiger partial charge in [0, 0.05) is 11.1 Å². The van der Waals surface area contributed by atoms with Crippen LogP contribution in [0.1, 0.15) is 114 Å². The van der Waals surface area contributed by atoms with Gasteiger partial charge in [-0.05, 0) is 12.8 Å². The van der Waals surface area contributed by atoms with E-state index in [1.807, 2.05) is 0 Å². The molecular formula is C32H47N2+. The number of rotatable bonds is 18. The summed E-state index contributed by atoms with van der Waals surface area (Å²) in [5, 5.41) is 0. The number of hydrogen-bond acceptors (Lipinski definition) is 0. The molecule has 0 unspecified atom stereocenters. The van der Waals surface area contributed by atoms with Gasteiger partial charge < -0.3 is 0 Å². The lowest BCUT2D eigenvalue weighted by Crippen LogP contribution is -2.31. The van der Waals surface area contributed by atoms with E-state index in [0.717, 1.165) is 6.54 Å². The van der Waals surface area contributed by atoms with Gasteiger partial charge in [-0.15, -0.1) is 0 Å². The standard InChI is InChI=1S/C32H47N2/c1-2-3-4-5-6-7-8-9-10-11-12-13-14-21-26-33-27-28-34(29-33)32(30-22-17-15-18-23-30)31-24-19-16-20-25-31/h15-20,22-25,27-29,32H,2-14,21,26H2,1H3/q+1. The van der Waals surface area contributed by atoms with Gasteiger partial charge in [0.1, 0.15) is 12.4 Å². The van der Waals surface area contributed by atoms with Crippen molar-refractivity contribution in [1.29, 1.82) is 0 Å². The normalized spacial score (nSPS) is 11.4. The van der Waals surface area contributed by atoms with E-state index in [4.69, 9.17) is 0 Å². The fourth-order valence-electron chi connectivity index (χ4n) is 4.99. The van der Waals surface area contributed by atoms with Gasteiger partial charge in [-0.2, -0.15) is 0 Å². The Labute approximate surface area is 209 Å². The summed E-state index contributed by atoms with van der Waals surface area (Å²) in [4.78, 5) is 0. The van der Waals surface area contributed by atoms with Crippen LogP contribution in [0.3, 0.4) is 0 Å². The van der Waals surface area contributed by atoms with Gasteiger partial charge in [0.05, 0.1) is 6.54 Å². The summed E-state index contributed by atoms with van der Waals surface area (Å²) < 4.78 is 4.72. The SMILES string of the molecule is CCCCCCCCCCCCCCCC[n+]1ccn(C(c2ccccc2)c2ccccc2)c1. The zero-order valence-corrected chi connectivity index (χ0v) is 21.6. The molecule has 1 heterocycles. The highest BCUT2D eigenvalue weighted by Crippen LogP contribution is 2.25. The smallest absolute Gasteiger partial charge is 0.237 e. The predicted molar refractivity (Wildman–Crippen MR) is 145 cm³/mol. The molecule has 0 spiro atoms. The first-order valence-corrected chi connectivity index (χ1v) is 14.0. The topological polar surface area (TPSA) is 8.81 Å². The highest BCUT2D eigenvalue weighted by Gasteiger charge is 2.21. The van der Waals surface area contributed by atoms with Crippen molar-refractivity contribution in [1.82, 2.24) is 4.57 Å². The lowest BCUT2D eigenvalue weighted by molar-refractivity contribution is -0.697. The first-order valence-electron chi connectivity index (χ1n) is 14.0. The van der Waals surface area contributed by atoms with Gasteiger partial charge in [0.25, 0.3) is 0 Å². The van der Waals surface area contributed by atoms with Crippen molar-refractivity contribution in [2.45, 2.75) is 109 Å². The van der Waals surface area contributed by atoms with E-state index in [1.54, 1.807) is 0 Å². The molecule has 3 aromatic rings. The largest absolute Gasteiger partial charge is 0.244 e. The maximum atomic E-state index is 2.36. The van der Waals surface area contributed by atoms with Crippen molar-refractivity contribution in [3.05, 3.63) is 90.5 Å². The van der Waals surface area contributed by atoms with Crippen LogP contribution in [0.15, 0.2) is 79.4 Å². The fourth-order valence-corrected chi connectivity index (χ4v) is 4.99. The monoisotopic (exact) mass is 459 g/mol. The van der Waals surface area contributed by atoms with Gasteiger partial charge in [-0.1, -0.05) is 145 Å². The van der Waals surface area contributed by atoms with Crippen LogP contribution in [-0.2, 0) is 6.54 Å². The fraction of sp³-hybridized carbons (Fsp3) is 0.531. The summed E-state index contributed by atoms with van der Waals surface area (Å²) in [7, 11) is 0. The molecule has 0 saturated carbocycles. The van der Waals surface area contributed by atoms with Crippen LogP contribution in [0.5, 0.6) is 0 Å². The number of benzene rings is 2. The number of aromatic nitrogens is 2. The second-order valence-corrected chi connectivity index (χ2v) is 9.92. The zero-order valence-electron chi connectivity index (χ0n) is 21.6. The van der Waals surface area contributed by atoms with Crippen LogP contribution in [-0.4, -0.2) is 4.57 Å². The molecule has 0 N–H and O–H groups in total. The van der Waals surface area contributed by atoms with Crippen LogP contribution < -0.4 is 4.57 Å². The molecule has 3 rings (SSSR count). The molecule has 0 atom stereocenters. The van der Waals surface area contributed by atoms with Crippen molar-refractivity contribution in [3.63, 3.8) is 0 Å². The minimum Gasteiger partial charge on any atom is -0.237 e. The van der Waals surface area contributed by atoms with Gasteiger partial charge in [-0.25, -0.2) is 9.13 Å². The number of hydrogen-bond donors (Lipinski definition) is 0. The van der Waals surface area contributed by atoms with Gasteiger partial charge in [-0.3, -0.25) is 0 Å². The van der Waals surface area contributed by atoms with E-state index < -0.39 is 0 Å². The zero-order chi connectivity index (χ0) is 23.7. The highest BCUT2D eigenvalue weighted by atomic mass is 15.1. The van der Waals surface area contributed by atoms with E-state index in [-0.39, 0.29) is 6.04 Å². The molecule has 0 radical (unpaired) electrons. The molecule has 0 amide bonds. The Morgan fingerprint density at radius 3 is 1.50 bits per heavy atom. The lowest BCUT2D eigenvalue weighted by Gasteiger charge is -2.14. The average Bonchev–Trinajstić information content (AvgIpc) is 3.34. The molecule has 0 saturated heterocycles. The second-order valence-electron chi connectivity index (χ2n) is 9.92. The number of unbranched alkanes of at least 4 members (excludes halogenated alkanes) is 13. The van der Waals surface area contributed by atoms with Crippen molar-refractivity contribution in [3.8, 4) is 0 Å². The van der Waals surface area contributed by atoms with Crippen LogP contribution in [0.2, 0.25) is 0 Å². The van der Waals surface area contributed by atoms with Gasteiger partial charge in [0.15, 0.2) is 6.04 Å². The summed E-state index contributed by atoms with van der Waals surface area (Å²) in [6.45, 7) is 3.41. The Kier molecular flexibility index (Phi) is 12.6. The summed E-state index contributed by atoms with van der Waals surface area (Å²) in [5.74, 6) is 0. The quantitative estimate of drug-likeness (QED) is 0.133. The Hall–Kier alpha value is -2.35. The maximum absolute atomic E-state index is 2.36. The van der Waals surface area contributed by atoms with Crippen molar-refractivity contribution < 1.29 is 4.57 Å². The molecule has 2 heteroatoms. The Bertz CT molecular complexity index is 829. The van der Waals surface area contributed by atoms with E-state index in [2.05, 4.69) is 95.4 Å². The van der Waals surface area contributed by atoms with Crippen molar-refractivity contribution in [2.75, 3.05) is 0 Å². The number of imidazole rings is 1. The minimum atomic E-state index is 0.222. The molecule has 184 valence electrons. The molecule has 0 aliphatic heterocycles. The van der Waals surface area contributed by atoms with Crippen molar-refractivity contribution >= 4 is 0 Å². The molecule has 0 aliphatic rings. The molecule has 0 bridgehead atoms. The third-order valence-corrected chi connectivity index (χ3v) is 7.01. The first-order chi connectivity index (χ1) is 16.9. The van der Waals surface area contributed by atoms with Crippen LogP contribution >= 0.6 is 0 Å². The summed E-state index contributed by atoms with van der Waals surface area (Å²) >= 11 is 0. The van der Waals surface area contributed by atoms with Gasteiger partial charge in [0.2, 0.25) is 6.33 Å². The third-order valence-electron chi connectivity index (χ3n) is 7.01. The Morgan fingerprint density at radius 2 is 1.03 bits per heavy atom. The molecule has 0 aliphatic carbocycles. The highest BCUT2D eigenvalue weighted by molar-refractivity contribution is 5.32. The molecular weight excluding hydrogens is 412 g/mol. The third kappa shape index (κ3) is 9.49. The average molecular weight is 460 g/mol. The molecule has 2 nitrogen and oxygen atoms in total. The van der Waals surface area contributed by atoms with Crippen LogP contribution in [0, 0.1) is 0 Å². The minimum absolute atomic E-state index is 0.222. The number of nitrogens with zero attached hydrogens (tertiary/aromatic N) is 2. The lowest BCUT2D eigenvalue weighted by atomic mass is 9.99. The molecule has 2 aromatic carbocycles. The number of aryl methyl sites for hydroxylation is 1. The second kappa shape index (κ2) is 16.3. The molecule has 1 aromatic heterocycles. The Morgan fingerprint density at radius 1 is 0.588 bits per heavy atom. The van der Waals surface area contributed by atoms with E-state index in [9.17, 15) is 0 Å². The van der Waals surface area contributed by atoms with Crippen LogP contribution in [0.4, 0.5) is 0 Å². The molecule has 0 fully saturated rings. The summed E-state index contributed by atoms with van der Waals surface area (Å²) in [6, 6.07) is 21.9.